The number of hydrogen-bond acceptors (Lipinski definition) is 5. The molecule has 4 rings (SSSR count). The fourth-order valence-corrected chi connectivity index (χ4v) is 5.05. The Hall–Kier alpha value is -2.34. The highest BCUT2D eigenvalue weighted by Crippen LogP contribution is 2.47. The number of nitrogens with zero attached hydrogens (tertiary/aromatic N) is 5. The number of nitrogens with one attached hydrogen (secondary N) is 1. The minimum Gasteiger partial charge on any atom is -0.362 e. The minimum absolute atomic E-state index is 0.0624. The lowest BCUT2D eigenvalue weighted by Crippen LogP contribution is -2.35. The standard InChI is InChI=1S/C19H20BrF3N6OS/c1-10-11(9-28(3)25-10)8-27(2)18(30)16-15(20)17-24-12(13-5-4-6-31-13)7-14(19(21,22)23)29(17)26-16/h4-6,9,12,14,24H,7-8H2,1-3H3/t12-,14-/m1/s1. The van der Waals surface area contributed by atoms with Crippen molar-refractivity contribution in [1.82, 2.24) is 24.5 Å². The van der Waals surface area contributed by atoms with Gasteiger partial charge in [0.1, 0.15) is 5.82 Å². The summed E-state index contributed by atoms with van der Waals surface area (Å²) in [5.41, 5.74) is 1.57. The van der Waals surface area contributed by atoms with Gasteiger partial charge in [0.2, 0.25) is 0 Å². The van der Waals surface area contributed by atoms with Crippen molar-refractivity contribution in [2.75, 3.05) is 12.4 Å². The number of halogens is 4. The van der Waals surface area contributed by atoms with Crippen LogP contribution >= 0.6 is 27.3 Å². The number of carbonyl (C=O) groups excluding carboxylic acids is 1. The fraction of sp³-hybridized carbons (Fsp3) is 0.421. The zero-order chi connectivity index (χ0) is 22.5. The van der Waals surface area contributed by atoms with Gasteiger partial charge >= 0.3 is 6.18 Å². The van der Waals surface area contributed by atoms with Crippen molar-refractivity contribution in [1.29, 1.82) is 0 Å². The number of hydrogen-bond donors (Lipinski definition) is 1. The molecule has 1 aliphatic heterocycles. The van der Waals surface area contributed by atoms with E-state index in [-0.39, 0.29) is 29.0 Å². The van der Waals surface area contributed by atoms with Crippen molar-refractivity contribution >= 4 is 39.0 Å². The lowest BCUT2D eigenvalue weighted by atomic mass is 10.0. The van der Waals surface area contributed by atoms with Crippen molar-refractivity contribution in [3.8, 4) is 0 Å². The molecule has 3 aromatic rings. The van der Waals surface area contributed by atoms with Crippen LogP contribution in [0.1, 0.15) is 45.1 Å². The Balaban J connectivity index is 1.67. The summed E-state index contributed by atoms with van der Waals surface area (Å²) in [6.07, 6.45) is -2.90. The summed E-state index contributed by atoms with van der Waals surface area (Å²) in [5, 5.41) is 13.3. The second-order valence-corrected chi connectivity index (χ2v) is 9.31. The fourth-order valence-electron chi connectivity index (χ4n) is 3.71. The molecule has 0 aromatic carbocycles. The number of anilines is 1. The number of thiophene rings is 1. The SMILES string of the molecule is Cc1nn(C)cc1CN(C)C(=O)c1nn2c(c1Br)N[C@@H](c1cccs1)C[C@@H]2C(F)(F)F. The van der Waals surface area contributed by atoms with Crippen LogP contribution in [0, 0.1) is 6.92 Å². The summed E-state index contributed by atoms with van der Waals surface area (Å²) in [5.74, 6) is -0.325. The maximum absolute atomic E-state index is 13.9. The average Bonchev–Trinajstić information content (AvgIpc) is 3.40. The predicted molar refractivity (Wildman–Crippen MR) is 114 cm³/mol. The molecular weight excluding hydrogens is 497 g/mol. The van der Waals surface area contributed by atoms with Gasteiger partial charge in [-0.1, -0.05) is 6.07 Å². The molecule has 1 aliphatic rings. The Kier molecular flexibility index (Phi) is 5.63. The number of rotatable bonds is 4. The van der Waals surface area contributed by atoms with Crippen LogP contribution in [0.15, 0.2) is 28.2 Å². The summed E-state index contributed by atoms with van der Waals surface area (Å²) in [6.45, 7) is 2.10. The van der Waals surface area contributed by atoms with Gasteiger partial charge in [0.15, 0.2) is 11.7 Å². The molecule has 1 N–H and O–H groups in total. The lowest BCUT2D eigenvalue weighted by Gasteiger charge is -2.33. The van der Waals surface area contributed by atoms with Gasteiger partial charge in [-0.15, -0.1) is 11.3 Å². The molecule has 2 atom stereocenters. The summed E-state index contributed by atoms with van der Waals surface area (Å²) >= 11 is 4.71. The molecule has 0 radical (unpaired) electrons. The van der Waals surface area contributed by atoms with Gasteiger partial charge in [-0.25, -0.2) is 4.68 Å². The summed E-state index contributed by atoms with van der Waals surface area (Å²) in [4.78, 5) is 15.3. The second-order valence-electron chi connectivity index (χ2n) is 7.54. The zero-order valence-electron chi connectivity index (χ0n) is 16.9. The molecule has 7 nitrogen and oxygen atoms in total. The molecule has 0 spiro atoms. The van der Waals surface area contributed by atoms with Gasteiger partial charge in [0.05, 0.1) is 16.2 Å². The molecule has 12 heteroatoms. The zero-order valence-corrected chi connectivity index (χ0v) is 19.3. The Morgan fingerprint density at radius 3 is 2.74 bits per heavy atom. The van der Waals surface area contributed by atoms with Crippen LogP contribution in [-0.4, -0.2) is 43.6 Å². The second kappa shape index (κ2) is 7.97. The van der Waals surface area contributed by atoms with Gasteiger partial charge in [0, 0.05) is 43.7 Å². The van der Waals surface area contributed by atoms with Gasteiger partial charge in [-0.05, 0) is 34.3 Å². The summed E-state index contributed by atoms with van der Waals surface area (Å²) in [6, 6.07) is 1.24. The Bertz CT molecular complexity index is 1110. The number of aromatic nitrogens is 4. The maximum atomic E-state index is 13.9. The molecule has 0 aliphatic carbocycles. The first-order valence-electron chi connectivity index (χ1n) is 9.45. The van der Waals surface area contributed by atoms with Gasteiger partial charge < -0.3 is 10.2 Å². The van der Waals surface area contributed by atoms with E-state index in [4.69, 9.17) is 0 Å². The van der Waals surface area contributed by atoms with E-state index < -0.39 is 24.2 Å². The molecule has 3 aromatic heterocycles. The molecule has 0 unspecified atom stereocenters. The van der Waals surface area contributed by atoms with Crippen molar-refractivity contribution in [2.24, 2.45) is 7.05 Å². The van der Waals surface area contributed by atoms with Gasteiger partial charge in [0.25, 0.3) is 5.91 Å². The van der Waals surface area contributed by atoms with E-state index in [0.717, 1.165) is 20.8 Å². The van der Waals surface area contributed by atoms with Crippen molar-refractivity contribution in [3.63, 3.8) is 0 Å². The summed E-state index contributed by atoms with van der Waals surface area (Å²) in [7, 11) is 3.37. The van der Waals surface area contributed by atoms with Crippen LogP contribution in [0.2, 0.25) is 0 Å². The quantitative estimate of drug-likeness (QED) is 0.546. The number of alkyl halides is 3. The first-order chi connectivity index (χ1) is 14.6. The normalized spacial score (nSPS) is 18.5. The third-order valence-electron chi connectivity index (χ3n) is 5.25. The van der Waals surface area contributed by atoms with E-state index >= 15 is 0 Å². The van der Waals surface area contributed by atoms with Gasteiger partial charge in [-0.2, -0.15) is 23.4 Å². The third kappa shape index (κ3) is 4.10. The highest BCUT2D eigenvalue weighted by molar-refractivity contribution is 9.10. The van der Waals surface area contributed by atoms with Crippen LogP contribution in [0.25, 0.3) is 0 Å². The molecule has 4 heterocycles. The number of fused-ring (bicyclic) bond motifs is 1. The third-order valence-corrected chi connectivity index (χ3v) is 6.99. The molecule has 0 saturated carbocycles. The van der Waals surface area contributed by atoms with Crippen LogP contribution in [0.4, 0.5) is 19.0 Å². The van der Waals surface area contributed by atoms with E-state index in [1.165, 1.54) is 16.2 Å². The first-order valence-corrected chi connectivity index (χ1v) is 11.1. The number of amides is 1. The Morgan fingerprint density at radius 1 is 1.42 bits per heavy atom. The highest BCUT2D eigenvalue weighted by Gasteiger charge is 2.48. The largest absolute Gasteiger partial charge is 0.410 e. The van der Waals surface area contributed by atoms with Crippen LogP contribution in [0.5, 0.6) is 0 Å². The minimum atomic E-state index is -4.50. The van der Waals surface area contributed by atoms with Crippen LogP contribution < -0.4 is 5.32 Å². The maximum Gasteiger partial charge on any atom is 0.410 e. The van der Waals surface area contributed by atoms with Crippen LogP contribution in [-0.2, 0) is 13.6 Å². The monoisotopic (exact) mass is 516 g/mol. The van der Waals surface area contributed by atoms with E-state index in [2.05, 4.69) is 31.4 Å². The summed E-state index contributed by atoms with van der Waals surface area (Å²) < 4.78 is 44.3. The van der Waals surface area contributed by atoms with E-state index in [9.17, 15) is 18.0 Å². The Labute approximate surface area is 189 Å². The molecule has 1 amide bonds. The van der Waals surface area contributed by atoms with Crippen molar-refractivity contribution in [2.45, 2.75) is 38.1 Å². The lowest BCUT2D eigenvalue weighted by molar-refractivity contribution is -0.173. The smallest absolute Gasteiger partial charge is 0.362 e. The van der Waals surface area contributed by atoms with Gasteiger partial charge in [-0.3, -0.25) is 9.48 Å². The van der Waals surface area contributed by atoms with E-state index in [1.54, 1.807) is 37.1 Å². The predicted octanol–water partition coefficient (Wildman–Crippen LogP) is 4.68. The van der Waals surface area contributed by atoms with E-state index in [0.29, 0.717) is 0 Å². The molecule has 0 bridgehead atoms. The molecule has 0 fully saturated rings. The first kappa shape index (κ1) is 21.9. The van der Waals surface area contributed by atoms with E-state index in [1.807, 2.05) is 12.3 Å². The van der Waals surface area contributed by atoms with Crippen molar-refractivity contribution < 1.29 is 18.0 Å². The average molecular weight is 517 g/mol. The molecule has 0 saturated heterocycles. The van der Waals surface area contributed by atoms with Crippen molar-refractivity contribution in [3.05, 3.63) is 50.0 Å². The molecule has 31 heavy (non-hydrogen) atoms. The Morgan fingerprint density at radius 2 is 2.16 bits per heavy atom. The molecular formula is C19H20BrF3N6OS. The number of aryl methyl sites for hydroxylation is 2. The molecule has 166 valence electrons. The topological polar surface area (TPSA) is 68.0 Å². The van der Waals surface area contributed by atoms with Crippen LogP contribution in [0.3, 0.4) is 0 Å². The highest BCUT2D eigenvalue weighted by atomic mass is 79.9. The number of carbonyl (C=O) groups is 1.